The number of primary amides is 1. The highest BCUT2D eigenvalue weighted by atomic mass is 19.4. The Kier molecular flexibility index (Phi) is 8.07. The first-order valence-corrected chi connectivity index (χ1v) is 14.2. The molecule has 5 rings (SSSR count). The van der Waals surface area contributed by atoms with Gasteiger partial charge >= 0.3 is 18.4 Å². The minimum absolute atomic E-state index is 0.0394. The average Bonchev–Trinajstić information content (AvgIpc) is 3.37. The minimum Gasteiger partial charge on any atom is -0.365 e. The summed E-state index contributed by atoms with van der Waals surface area (Å²) in [5, 5.41) is 6.17. The summed E-state index contributed by atoms with van der Waals surface area (Å²) in [6, 6.07) is 0.691. The number of imidazole rings is 1. The molecule has 1 saturated carbocycles. The van der Waals surface area contributed by atoms with Crippen molar-refractivity contribution >= 4 is 23.0 Å². The van der Waals surface area contributed by atoms with E-state index in [1.807, 2.05) is 5.32 Å². The molecule has 0 radical (unpaired) electrons. The van der Waals surface area contributed by atoms with Gasteiger partial charge in [-0.3, -0.25) is 9.48 Å². The van der Waals surface area contributed by atoms with Crippen LogP contribution in [0, 0.1) is 11.7 Å². The summed E-state index contributed by atoms with van der Waals surface area (Å²) in [5.74, 6) is -3.74. The van der Waals surface area contributed by atoms with E-state index < -0.39 is 84.3 Å². The van der Waals surface area contributed by atoms with Gasteiger partial charge in [-0.15, -0.1) is 0 Å². The van der Waals surface area contributed by atoms with Crippen LogP contribution in [0.1, 0.15) is 86.1 Å². The molecule has 0 unspecified atom stereocenters. The highest BCUT2D eigenvalue weighted by Crippen LogP contribution is 2.46. The largest absolute Gasteiger partial charge is 0.416 e. The summed E-state index contributed by atoms with van der Waals surface area (Å²) in [4.78, 5) is 33.3. The molecule has 2 aromatic heterocycles. The number of amides is 3. The molecule has 2 aliphatic rings. The van der Waals surface area contributed by atoms with Crippen LogP contribution in [-0.4, -0.2) is 73.7 Å². The fraction of sp³-hybridized carbons (Fsp3) is 0.571. The van der Waals surface area contributed by atoms with E-state index in [-0.39, 0.29) is 11.7 Å². The van der Waals surface area contributed by atoms with Crippen molar-refractivity contribution < 1.29 is 45.1 Å². The Morgan fingerprint density at radius 1 is 1.16 bits per heavy atom. The number of nitrogens with two attached hydrogens (primary N) is 1. The lowest BCUT2D eigenvalue weighted by Crippen LogP contribution is -2.42. The first kappa shape index (κ1) is 32.5. The van der Waals surface area contributed by atoms with Gasteiger partial charge in [0.05, 0.1) is 36.1 Å². The van der Waals surface area contributed by atoms with Gasteiger partial charge in [-0.1, -0.05) is 6.07 Å². The van der Waals surface area contributed by atoms with Gasteiger partial charge in [0.1, 0.15) is 17.6 Å². The number of carbonyl (C=O) groups excluding carboxylic acids is 2. The monoisotopic (exact) mass is 647 g/mol. The van der Waals surface area contributed by atoms with Gasteiger partial charge in [0.2, 0.25) is 0 Å². The third-order valence-electron chi connectivity index (χ3n) is 8.16. The smallest absolute Gasteiger partial charge is 0.365 e. The number of hydrogen-bond donors (Lipinski definition) is 3. The van der Waals surface area contributed by atoms with Crippen molar-refractivity contribution in [2.45, 2.75) is 82.5 Å². The second-order valence-electron chi connectivity index (χ2n) is 12.2. The molecule has 1 aliphatic carbocycles. The number of halogens is 7. The Balaban J connectivity index is 1.55. The van der Waals surface area contributed by atoms with Crippen molar-refractivity contribution in [1.82, 2.24) is 30.0 Å². The molecule has 3 amide bonds. The molecule has 3 aromatic rings. The molecule has 1 aromatic carbocycles. The summed E-state index contributed by atoms with van der Waals surface area (Å²) in [5.41, 5.74) is 2.94. The molecule has 3 atom stereocenters. The van der Waals surface area contributed by atoms with Gasteiger partial charge in [-0.2, -0.15) is 31.4 Å². The zero-order chi connectivity index (χ0) is 33.2. The average molecular weight is 648 g/mol. The second kappa shape index (κ2) is 11.2. The molecule has 0 spiro atoms. The number of nitrogens with zero attached hydrogens (tertiary/aromatic N) is 4. The number of alkyl halides is 6. The maximum Gasteiger partial charge on any atom is 0.416 e. The van der Waals surface area contributed by atoms with Gasteiger partial charge in [-0.05, 0) is 64.2 Å². The van der Waals surface area contributed by atoms with Crippen molar-refractivity contribution in [3.05, 3.63) is 46.8 Å². The molecule has 3 heterocycles. The number of H-pyrrole nitrogens is 1. The predicted molar refractivity (Wildman–Crippen MR) is 146 cm³/mol. The Morgan fingerprint density at radius 2 is 1.82 bits per heavy atom. The van der Waals surface area contributed by atoms with Crippen molar-refractivity contribution in [3.63, 3.8) is 0 Å². The number of fused-ring (bicyclic) bond motifs is 1. The molecule has 10 nitrogen and oxygen atoms in total. The first-order chi connectivity index (χ1) is 20.8. The number of hydrogen-bond acceptors (Lipinski definition) is 5. The third kappa shape index (κ3) is 6.18. The number of urea groups is 1. The number of carbonyl (C=O) groups is 2. The number of aromatic nitrogens is 4. The normalized spacial score (nSPS) is 19.4. The Labute approximate surface area is 252 Å². The quantitative estimate of drug-likeness (QED) is 0.251. The summed E-state index contributed by atoms with van der Waals surface area (Å²) in [7, 11) is 0. The fourth-order valence-electron chi connectivity index (χ4n) is 5.41. The fourth-order valence-corrected chi connectivity index (χ4v) is 5.41. The van der Waals surface area contributed by atoms with Crippen LogP contribution in [0.5, 0.6) is 0 Å². The van der Waals surface area contributed by atoms with Crippen molar-refractivity contribution in [1.29, 1.82) is 0 Å². The summed E-state index contributed by atoms with van der Waals surface area (Å²) in [6.45, 7) is 3.52. The van der Waals surface area contributed by atoms with E-state index in [0.29, 0.717) is 29.4 Å². The molecular formula is C28H32F7N7O3. The molecule has 45 heavy (non-hydrogen) atoms. The zero-order valence-corrected chi connectivity index (χ0v) is 24.7. The van der Waals surface area contributed by atoms with E-state index in [9.17, 15) is 35.9 Å². The predicted octanol–water partition coefficient (Wildman–Crippen LogP) is 5.47. The van der Waals surface area contributed by atoms with E-state index in [1.54, 1.807) is 32.0 Å². The molecular weight excluding hydrogens is 615 g/mol. The molecule has 0 bridgehead atoms. The second-order valence-corrected chi connectivity index (χ2v) is 12.2. The van der Waals surface area contributed by atoms with Crippen molar-refractivity contribution in [3.8, 4) is 0 Å². The van der Waals surface area contributed by atoms with E-state index in [0.717, 1.165) is 23.4 Å². The summed E-state index contributed by atoms with van der Waals surface area (Å²) < 4.78 is 103. The molecule has 4 N–H and O–H groups in total. The molecule has 17 heteroatoms. The van der Waals surface area contributed by atoms with Gasteiger partial charge < -0.3 is 25.7 Å². The molecule has 2 fully saturated rings. The van der Waals surface area contributed by atoms with Gasteiger partial charge in [-0.25, -0.2) is 14.2 Å². The minimum atomic E-state index is -4.78. The molecule has 1 aliphatic heterocycles. The Bertz CT molecular complexity index is 1610. The van der Waals surface area contributed by atoms with E-state index in [4.69, 9.17) is 10.5 Å². The van der Waals surface area contributed by atoms with Crippen LogP contribution in [0.15, 0.2) is 18.2 Å². The zero-order valence-electron chi connectivity index (χ0n) is 24.7. The lowest BCUT2D eigenvalue weighted by molar-refractivity contribution is -0.264. The van der Waals surface area contributed by atoms with Crippen LogP contribution in [-0.2, 0) is 4.74 Å². The Hall–Kier alpha value is -3.89. The first-order valence-electron chi connectivity index (χ1n) is 14.2. The number of aromatic amines is 1. The maximum absolute atomic E-state index is 15.7. The highest BCUT2D eigenvalue weighted by molar-refractivity contribution is 5.91. The summed E-state index contributed by atoms with van der Waals surface area (Å²) in [6.07, 6.45) is -8.00. The standard InChI is InChI=1S/C28H32F7N7O3/c1-12(2)42-22(23(36)43)19(29)20(40-42)15(11-45-26(3,4)28(33,34)35)24-37-16-8-7-14(9-17(16)38-24)21(13-5-6-13)41-10-18(27(30,31)32)39-25(41)44/h7-9,12-13,15,18,21H,5-6,10-11H2,1-4H3,(H2,36,43)(H,37,38)(H,39,44)/t15-,18+,21-/m1/s1. The number of nitrogens with one attached hydrogen (secondary N) is 2. The van der Waals surface area contributed by atoms with Gasteiger partial charge in [0.15, 0.2) is 17.1 Å². The Morgan fingerprint density at radius 3 is 2.33 bits per heavy atom. The van der Waals surface area contributed by atoms with E-state index in [2.05, 4.69) is 15.1 Å². The van der Waals surface area contributed by atoms with Crippen LogP contribution in [0.25, 0.3) is 11.0 Å². The third-order valence-corrected chi connectivity index (χ3v) is 8.16. The number of benzene rings is 1. The molecule has 246 valence electrons. The van der Waals surface area contributed by atoms with Crippen molar-refractivity contribution in [2.75, 3.05) is 13.2 Å². The van der Waals surface area contributed by atoms with E-state index >= 15 is 4.39 Å². The lowest BCUT2D eigenvalue weighted by atomic mass is 10.00. The number of ether oxygens (including phenoxy) is 1. The van der Waals surface area contributed by atoms with Crippen LogP contribution >= 0.6 is 0 Å². The van der Waals surface area contributed by atoms with Crippen LogP contribution in [0.3, 0.4) is 0 Å². The van der Waals surface area contributed by atoms with Crippen LogP contribution in [0.2, 0.25) is 0 Å². The van der Waals surface area contributed by atoms with Crippen LogP contribution in [0.4, 0.5) is 35.5 Å². The summed E-state index contributed by atoms with van der Waals surface area (Å²) >= 11 is 0. The SMILES string of the molecule is CC(C)n1nc([C@@H](COC(C)(C)C(F)(F)F)c2nc3ccc([C@@H](C4CC4)N4C[C@@H](C(F)(F)F)NC4=O)cc3[nH]2)c(F)c1C(N)=O. The van der Waals surface area contributed by atoms with E-state index in [1.165, 1.54) is 0 Å². The number of rotatable bonds is 10. The van der Waals surface area contributed by atoms with Crippen molar-refractivity contribution in [2.24, 2.45) is 11.7 Å². The topological polar surface area (TPSA) is 131 Å². The van der Waals surface area contributed by atoms with Gasteiger partial charge in [0, 0.05) is 6.04 Å². The van der Waals surface area contributed by atoms with Crippen LogP contribution < -0.4 is 11.1 Å². The van der Waals surface area contributed by atoms with Gasteiger partial charge in [0.25, 0.3) is 5.91 Å². The maximum atomic E-state index is 15.7. The molecule has 1 saturated heterocycles. The highest BCUT2D eigenvalue weighted by Gasteiger charge is 2.51. The lowest BCUT2D eigenvalue weighted by Gasteiger charge is -2.29.